The predicted molar refractivity (Wildman–Crippen MR) is 202 cm³/mol. The van der Waals surface area contributed by atoms with Crippen LogP contribution in [0.15, 0.2) is 107 Å². The Hall–Kier alpha value is -4.98. The zero-order valence-electron chi connectivity index (χ0n) is 31.4. The van der Waals surface area contributed by atoms with Gasteiger partial charge in [0.2, 0.25) is 0 Å². The van der Waals surface area contributed by atoms with Crippen LogP contribution in [0.25, 0.3) is 0 Å². The monoisotopic (exact) mass is 690 g/mol. The highest BCUT2D eigenvalue weighted by Gasteiger charge is 2.59. The first-order chi connectivity index (χ1) is 24.3. The number of aliphatic imine (C=N–C) groups is 2. The van der Waals surface area contributed by atoms with Crippen molar-refractivity contribution in [2.24, 2.45) is 20.8 Å². The number of nitrogens with zero attached hydrogens (tertiary/aromatic N) is 2. The smallest absolute Gasteiger partial charge is 0.194 e. The van der Waals surface area contributed by atoms with Crippen molar-refractivity contribution in [3.05, 3.63) is 119 Å². The van der Waals surface area contributed by atoms with Gasteiger partial charge < -0.3 is 28.4 Å². The maximum absolute atomic E-state index is 7.28. The Bertz CT molecular complexity index is 1700. The predicted octanol–water partition coefficient (Wildman–Crippen LogP) is 8.99. The van der Waals surface area contributed by atoms with Crippen LogP contribution in [0.4, 0.5) is 0 Å². The van der Waals surface area contributed by atoms with E-state index in [-0.39, 0.29) is 29.3 Å². The van der Waals surface area contributed by atoms with Gasteiger partial charge >= 0.3 is 0 Å². The molecule has 8 nitrogen and oxygen atoms in total. The van der Waals surface area contributed by atoms with Crippen molar-refractivity contribution in [2.75, 3.05) is 28.4 Å². The molecular weight excluding hydrogens is 640 g/mol. The van der Waals surface area contributed by atoms with E-state index in [0.717, 1.165) is 22.3 Å². The van der Waals surface area contributed by atoms with Gasteiger partial charge in [0.25, 0.3) is 0 Å². The third-order valence-corrected chi connectivity index (χ3v) is 9.85. The summed E-state index contributed by atoms with van der Waals surface area (Å²) in [6.07, 6.45) is 0.220. The van der Waals surface area contributed by atoms with Crippen molar-refractivity contribution < 1.29 is 28.4 Å². The molecule has 0 spiro atoms. The molecule has 0 N–H and O–H groups in total. The molecule has 0 aliphatic carbocycles. The molecule has 0 unspecified atom stereocenters. The highest BCUT2D eigenvalue weighted by atomic mass is 16.5. The third-order valence-electron chi connectivity index (χ3n) is 9.85. The van der Waals surface area contributed by atoms with E-state index in [4.69, 9.17) is 38.4 Å². The second-order valence-electron chi connectivity index (χ2n) is 15.2. The number of hydrogen-bond donors (Lipinski definition) is 0. The van der Waals surface area contributed by atoms with Crippen LogP contribution in [-0.2, 0) is 20.7 Å². The standard InChI is InChI=1S/C43H50N2O6/c1-40(2,3)38-42(28-19-11-15-23-32(28)46-7,29-20-12-16-24-33(29)47-8)50-36(44-38)27-37-45-39(41(4,5)6)43(51-37,30-21-13-17-25-34(30)48-9)31-22-14-18-26-35(31)49-10/h11-26,38-39H,27H2,1-10H3/t38-,39-/m1/s1. The molecule has 0 fully saturated rings. The van der Waals surface area contributed by atoms with Crippen LogP contribution >= 0.6 is 0 Å². The lowest BCUT2D eigenvalue weighted by molar-refractivity contribution is 0.0441. The molecule has 0 radical (unpaired) electrons. The minimum atomic E-state index is -1.09. The largest absolute Gasteiger partial charge is 0.496 e. The van der Waals surface area contributed by atoms with Crippen molar-refractivity contribution in [3.8, 4) is 23.0 Å². The fraction of sp³-hybridized carbons (Fsp3) is 0.395. The Kier molecular flexibility index (Phi) is 9.57. The van der Waals surface area contributed by atoms with Gasteiger partial charge in [-0.25, -0.2) is 9.98 Å². The van der Waals surface area contributed by atoms with Crippen LogP contribution in [0.1, 0.15) is 70.2 Å². The topological polar surface area (TPSA) is 80.1 Å². The van der Waals surface area contributed by atoms with Gasteiger partial charge in [0.1, 0.15) is 35.1 Å². The molecule has 2 aliphatic heterocycles. The van der Waals surface area contributed by atoms with Crippen molar-refractivity contribution >= 4 is 11.8 Å². The molecule has 4 aromatic rings. The molecular formula is C43H50N2O6. The number of rotatable bonds is 10. The Morgan fingerprint density at radius 2 is 0.725 bits per heavy atom. The van der Waals surface area contributed by atoms with E-state index >= 15 is 0 Å². The molecule has 0 aromatic heterocycles. The summed E-state index contributed by atoms with van der Waals surface area (Å²) in [6.45, 7) is 13.1. The van der Waals surface area contributed by atoms with Crippen LogP contribution < -0.4 is 18.9 Å². The van der Waals surface area contributed by atoms with Crippen LogP contribution in [0, 0.1) is 10.8 Å². The van der Waals surface area contributed by atoms with Gasteiger partial charge in [-0.3, -0.25) is 0 Å². The lowest BCUT2D eigenvalue weighted by atomic mass is 9.70. The van der Waals surface area contributed by atoms with Gasteiger partial charge in [0.15, 0.2) is 23.0 Å². The molecule has 8 heteroatoms. The molecule has 4 aromatic carbocycles. The van der Waals surface area contributed by atoms with Gasteiger partial charge in [-0.2, -0.15) is 0 Å². The normalized spacial score (nSPS) is 19.3. The van der Waals surface area contributed by atoms with E-state index in [2.05, 4.69) is 65.8 Å². The first-order valence-corrected chi connectivity index (χ1v) is 17.4. The molecule has 268 valence electrons. The van der Waals surface area contributed by atoms with E-state index in [9.17, 15) is 0 Å². The summed E-state index contributed by atoms with van der Waals surface area (Å²) in [5.74, 6) is 3.80. The van der Waals surface area contributed by atoms with Gasteiger partial charge in [-0.05, 0) is 35.1 Å². The van der Waals surface area contributed by atoms with Crippen molar-refractivity contribution in [1.82, 2.24) is 0 Å². The molecule has 51 heavy (non-hydrogen) atoms. The SMILES string of the molecule is COc1ccccc1C1(c2ccccc2OC)OC(CC2=N[C@H](C(C)(C)C)C(c3ccccc3OC)(c3ccccc3OC)O2)=N[C@@H]1C(C)(C)C. The molecule has 2 atom stereocenters. The highest BCUT2D eigenvalue weighted by molar-refractivity contribution is 5.99. The Morgan fingerprint density at radius 3 is 0.961 bits per heavy atom. The molecule has 0 amide bonds. The first-order valence-electron chi connectivity index (χ1n) is 17.4. The van der Waals surface area contributed by atoms with E-state index < -0.39 is 11.2 Å². The highest BCUT2D eigenvalue weighted by Crippen LogP contribution is 2.56. The van der Waals surface area contributed by atoms with Gasteiger partial charge in [-0.1, -0.05) is 114 Å². The lowest BCUT2D eigenvalue weighted by Crippen LogP contribution is -2.46. The number of hydrogen-bond acceptors (Lipinski definition) is 8. The second kappa shape index (κ2) is 13.6. The van der Waals surface area contributed by atoms with Crippen LogP contribution in [-0.4, -0.2) is 52.3 Å². The Balaban J connectivity index is 1.53. The average molecular weight is 691 g/mol. The summed E-state index contributed by atoms with van der Waals surface area (Å²) in [6, 6.07) is 31.2. The maximum atomic E-state index is 7.28. The summed E-state index contributed by atoms with van der Waals surface area (Å²) in [5, 5.41) is 0. The average Bonchev–Trinajstić information content (AvgIpc) is 3.72. The zero-order valence-corrected chi connectivity index (χ0v) is 31.4. The van der Waals surface area contributed by atoms with Crippen LogP contribution in [0.5, 0.6) is 23.0 Å². The quantitative estimate of drug-likeness (QED) is 0.165. The summed E-state index contributed by atoms with van der Waals surface area (Å²) in [7, 11) is 6.72. The Morgan fingerprint density at radius 1 is 0.471 bits per heavy atom. The Labute approximate surface area is 302 Å². The van der Waals surface area contributed by atoms with Crippen molar-refractivity contribution in [3.63, 3.8) is 0 Å². The van der Waals surface area contributed by atoms with Crippen molar-refractivity contribution in [2.45, 2.75) is 71.2 Å². The zero-order chi connectivity index (χ0) is 36.6. The molecule has 6 rings (SSSR count). The van der Waals surface area contributed by atoms with E-state index in [1.165, 1.54) is 0 Å². The van der Waals surface area contributed by atoms with Crippen LogP contribution in [0.3, 0.4) is 0 Å². The first kappa shape index (κ1) is 35.8. The molecule has 0 saturated carbocycles. The third kappa shape index (κ3) is 6.08. The summed E-state index contributed by atoms with van der Waals surface area (Å²) >= 11 is 0. The maximum Gasteiger partial charge on any atom is 0.194 e. The van der Waals surface area contributed by atoms with E-state index in [0.29, 0.717) is 34.8 Å². The summed E-state index contributed by atoms with van der Waals surface area (Å²) in [5.41, 5.74) is 0.549. The van der Waals surface area contributed by atoms with Gasteiger partial charge in [0.05, 0.1) is 34.9 Å². The van der Waals surface area contributed by atoms with Crippen molar-refractivity contribution in [1.29, 1.82) is 0 Å². The van der Waals surface area contributed by atoms with Crippen LogP contribution in [0.2, 0.25) is 0 Å². The lowest BCUT2D eigenvalue weighted by Gasteiger charge is -2.41. The summed E-state index contributed by atoms with van der Waals surface area (Å²) < 4.78 is 38.5. The fourth-order valence-corrected chi connectivity index (χ4v) is 7.81. The number of benzene rings is 4. The molecule has 2 heterocycles. The molecule has 0 saturated heterocycles. The second-order valence-corrected chi connectivity index (χ2v) is 15.2. The summed E-state index contributed by atoms with van der Waals surface area (Å²) in [4.78, 5) is 10.8. The number of para-hydroxylation sites is 4. The number of ether oxygens (including phenoxy) is 6. The minimum Gasteiger partial charge on any atom is -0.496 e. The minimum absolute atomic E-state index is 0.220. The molecule has 0 bridgehead atoms. The van der Waals surface area contributed by atoms with E-state index in [1.54, 1.807) is 28.4 Å². The van der Waals surface area contributed by atoms with E-state index in [1.807, 2.05) is 72.8 Å². The number of methoxy groups -OCH3 is 4. The fourth-order valence-electron chi connectivity index (χ4n) is 7.81. The molecule has 2 aliphatic rings. The van der Waals surface area contributed by atoms with Gasteiger partial charge in [0, 0.05) is 22.3 Å². The van der Waals surface area contributed by atoms with Gasteiger partial charge in [-0.15, -0.1) is 0 Å².